The molecule has 0 aliphatic heterocycles. The van der Waals surface area contributed by atoms with E-state index in [0.29, 0.717) is 20.9 Å². The van der Waals surface area contributed by atoms with Crippen molar-refractivity contribution in [1.82, 2.24) is 15.4 Å². The zero-order valence-electron chi connectivity index (χ0n) is 19.0. The number of aromatic nitrogens is 2. The van der Waals surface area contributed by atoms with Crippen molar-refractivity contribution in [2.45, 2.75) is 30.8 Å². The van der Waals surface area contributed by atoms with Gasteiger partial charge in [0.15, 0.2) is 5.16 Å². The summed E-state index contributed by atoms with van der Waals surface area (Å²) in [6, 6.07) is 12.3. The zero-order valence-corrected chi connectivity index (χ0v) is 20.7. The lowest BCUT2D eigenvalue weighted by molar-refractivity contribution is -0.384. The highest BCUT2D eigenvalue weighted by molar-refractivity contribution is 7.99. The summed E-state index contributed by atoms with van der Waals surface area (Å²) in [6.45, 7) is 0. The Hall–Kier alpha value is -3.83. The number of nitro groups is 1. The molecule has 2 N–H and O–H groups in total. The Morgan fingerprint density at radius 1 is 1.22 bits per heavy atom. The van der Waals surface area contributed by atoms with Gasteiger partial charge >= 0.3 is 0 Å². The second-order valence-corrected chi connectivity index (χ2v) is 10.1. The Bertz CT molecular complexity index is 1560. The van der Waals surface area contributed by atoms with Gasteiger partial charge in [0.2, 0.25) is 0 Å². The minimum atomic E-state index is -0.499. The number of aromatic amines is 1. The average molecular weight is 520 g/mol. The van der Waals surface area contributed by atoms with Crippen molar-refractivity contribution in [2.24, 2.45) is 5.10 Å². The van der Waals surface area contributed by atoms with E-state index in [-0.39, 0.29) is 17.0 Å². The third-order valence-corrected chi connectivity index (χ3v) is 7.65. The van der Waals surface area contributed by atoms with Gasteiger partial charge in [0.1, 0.15) is 4.83 Å². The molecule has 0 atom stereocenters. The maximum atomic E-state index is 12.9. The first-order chi connectivity index (χ1) is 17.5. The van der Waals surface area contributed by atoms with Crippen molar-refractivity contribution in [3.63, 3.8) is 0 Å². The minimum absolute atomic E-state index is 0.0101. The molecule has 0 spiro atoms. The summed E-state index contributed by atoms with van der Waals surface area (Å²) in [4.78, 5) is 43.4. The smallest absolute Gasteiger partial charge is 0.270 e. The predicted molar refractivity (Wildman–Crippen MR) is 142 cm³/mol. The molecule has 0 fully saturated rings. The van der Waals surface area contributed by atoms with Crippen molar-refractivity contribution in [2.75, 3.05) is 5.75 Å². The number of benzene rings is 2. The number of hydrazone groups is 1. The van der Waals surface area contributed by atoms with Gasteiger partial charge in [0.25, 0.3) is 17.2 Å². The molecule has 0 saturated carbocycles. The summed E-state index contributed by atoms with van der Waals surface area (Å²) in [5.74, 6) is -0.408. The third-order valence-electron chi connectivity index (χ3n) is 5.91. The normalized spacial score (nSPS) is 13.1. The average Bonchev–Trinajstić information content (AvgIpc) is 3.32. The number of nitrogens with one attached hydrogen (secondary N) is 2. The van der Waals surface area contributed by atoms with Crippen LogP contribution in [-0.2, 0) is 17.6 Å². The van der Waals surface area contributed by atoms with Crippen LogP contribution >= 0.6 is 23.1 Å². The molecule has 0 unspecified atom stereocenters. The summed E-state index contributed by atoms with van der Waals surface area (Å²) in [5.41, 5.74) is 7.21. The monoisotopic (exact) mass is 519 g/mol. The Kier molecular flexibility index (Phi) is 6.92. The van der Waals surface area contributed by atoms with Gasteiger partial charge in [-0.15, -0.1) is 11.3 Å². The molecular formula is C25H21N5O4S2. The summed E-state index contributed by atoms with van der Waals surface area (Å²) in [7, 11) is 0. The molecule has 0 radical (unpaired) electrons. The number of hydrogen-bond acceptors (Lipinski definition) is 8. The van der Waals surface area contributed by atoms with Crippen molar-refractivity contribution in [1.29, 1.82) is 0 Å². The van der Waals surface area contributed by atoms with E-state index in [9.17, 15) is 19.7 Å². The van der Waals surface area contributed by atoms with Crippen molar-refractivity contribution in [3.05, 3.63) is 85.0 Å². The van der Waals surface area contributed by atoms with Gasteiger partial charge in [-0.3, -0.25) is 19.7 Å². The molecule has 0 bridgehead atoms. The lowest BCUT2D eigenvalue weighted by Gasteiger charge is -2.16. The van der Waals surface area contributed by atoms with E-state index in [1.165, 1.54) is 59.7 Å². The molecule has 1 aliphatic rings. The Morgan fingerprint density at radius 2 is 2.06 bits per heavy atom. The van der Waals surface area contributed by atoms with Gasteiger partial charge in [-0.25, -0.2) is 10.4 Å². The van der Waals surface area contributed by atoms with Crippen LogP contribution in [0.1, 0.15) is 29.5 Å². The molecular weight excluding hydrogens is 498 g/mol. The van der Waals surface area contributed by atoms with E-state index in [1.54, 1.807) is 6.07 Å². The highest BCUT2D eigenvalue weighted by Gasteiger charge is 2.16. The van der Waals surface area contributed by atoms with Gasteiger partial charge in [0, 0.05) is 28.6 Å². The first-order valence-electron chi connectivity index (χ1n) is 11.3. The van der Waals surface area contributed by atoms with E-state index in [0.717, 1.165) is 35.7 Å². The summed E-state index contributed by atoms with van der Waals surface area (Å²) in [5, 5.41) is 17.6. The van der Waals surface area contributed by atoms with Crippen LogP contribution in [0.4, 0.5) is 5.69 Å². The van der Waals surface area contributed by atoms with Crippen LogP contribution in [-0.4, -0.2) is 32.8 Å². The topological polar surface area (TPSA) is 130 Å². The minimum Gasteiger partial charge on any atom is -0.301 e. The number of nitro benzene ring substituents is 1. The summed E-state index contributed by atoms with van der Waals surface area (Å²) >= 11 is 2.51. The van der Waals surface area contributed by atoms with E-state index in [2.05, 4.69) is 38.7 Å². The second-order valence-electron chi connectivity index (χ2n) is 8.33. The molecule has 1 amide bonds. The van der Waals surface area contributed by atoms with Crippen LogP contribution in [0.2, 0.25) is 0 Å². The fourth-order valence-corrected chi connectivity index (χ4v) is 5.83. The van der Waals surface area contributed by atoms with Crippen molar-refractivity contribution >= 4 is 51.1 Å². The van der Waals surface area contributed by atoms with Crippen LogP contribution in [0.15, 0.2) is 62.9 Å². The number of aryl methyl sites for hydroxylation is 2. The molecule has 182 valence electrons. The first-order valence-corrected chi connectivity index (χ1v) is 13.2. The first kappa shape index (κ1) is 23.9. The van der Waals surface area contributed by atoms with Crippen LogP contribution in [0.3, 0.4) is 0 Å². The van der Waals surface area contributed by atoms with Gasteiger partial charge in [0.05, 0.1) is 22.3 Å². The maximum Gasteiger partial charge on any atom is 0.270 e. The SMILES string of the molecule is O=C(CSc1nc2scc(-c3ccc4c(c3)CCCC4)c2c(=O)[nH]1)N/N=C/c1cccc([N+](=O)[O-])c1. The third kappa shape index (κ3) is 5.21. The number of thioether (sulfide) groups is 1. The Labute approximate surface area is 213 Å². The van der Waals surface area contributed by atoms with Crippen LogP contribution in [0.5, 0.6) is 0 Å². The Balaban J connectivity index is 1.25. The van der Waals surface area contributed by atoms with Crippen LogP contribution in [0, 0.1) is 10.1 Å². The molecule has 9 nitrogen and oxygen atoms in total. The number of fused-ring (bicyclic) bond motifs is 2. The number of carbonyl (C=O) groups excluding carboxylic acids is 1. The molecule has 5 rings (SSSR count). The van der Waals surface area contributed by atoms with Gasteiger partial charge in [-0.2, -0.15) is 5.10 Å². The van der Waals surface area contributed by atoms with E-state index in [1.807, 2.05) is 5.38 Å². The number of H-pyrrole nitrogens is 1. The highest BCUT2D eigenvalue weighted by atomic mass is 32.2. The van der Waals surface area contributed by atoms with Gasteiger partial charge < -0.3 is 4.98 Å². The number of thiophene rings is 1. The maximum absolute atomic E-state index is 12.9. The molecule has 11 heteroatoms. The fraction of sp³-hybridized carbons (Fsp3) is 0.200. The number of rotatable bonds is 7. The van der Waals surface area contributed by atoms with Crippen LogP contribution < -0.4 is 11.0 Å². The summed E-state index contributed by atoms with van der Waals surface area (Å²) in [6.07, 6.45) is 5.92. The largest absolute Gasteiger partial charge is 0.301 e. The lowest BCUT2D eigenvalue weighted by atomic mass is 9.89. The lowest BCUT2D eigenvalue weighted by Crippen LogP contribution is -2.20. The quantitative estimate of drug-likeness (QED) is 0.120. The van der Waals surface area contributed by atoms with Crippen molar-refractivity contribution in [3.8, 4) is 11.1 Å². The van der Waals surface area contributed by atoms with Gasteiger partial charge in [-0.1, -0.05) is 42.1 Å². The van der Waals surface area contributed by atoms with Crippen LogP contribution in [0.25, 0.3) is 21.3 Å². The Morgan fingerprint density at radius 3 is 2.89 bits per heavy atom. The second kappa shape index (κ2) is 10.4. The van der Waals surface area contributed by atoms with E-state index < -0.39 is 10.8 Å². The van der Waals surface area contributed by atoms with Crippen molar-refractivity contribution < 1.29 is 9.72 Å². The predicted octanol–water partition coefficient (Wildman–Crippen LogP) is 4.68. The molecule has 36 heavy (non-hydrogen) atoms. The van der Waals surface area contributed by atoms with E-state index in [4.69, 9.17) is 0 Å². The number of non-ortho nitro benzene ring substituents is 1. The molecule has 1 aliphatic carbocycles. The molecule has 2 heterocycles. The number of carbonyl (C=O) groups is 1. The summed E-state index contributed by atoms with van der Waals surface area (Å²) < 4.78 is 0. The number of hydrogen-bond donors (Lipinski definition) is 2. The number of nitrogens with zero attached hydrogens (tertiary/aromatic N) is 3. The molecule has 0 saturated heterocycles. The highest BCUT2D eigenvalue weighted by Crippen LogP contribution is 2.34. The molecule has 2 aromatic heterocycles. The fourth-order valence-electron chi connectivity index (χ4n) is 4.17. The van der Waals surface area contributed by atoms with Gasteiger partial charge in [-0.05, 0) is 42.4 Å². The standard InChI is InChI=1S/C25H21N5O4S2/c31-21(29-26-12-15-4-3-7-19(10-15)30(33)34)14-36-25-27-23(32)22-20(13-35-24(22)28-25)18-9-8-16-5-1-2-6-17(16)11-18/h3-4,7-13H,1-2,5-6,14H2,(H,29,31)(H,27,28,32)/b26-12+. The molecule has 4 aromatic rings. The zero-order chi connectivity index (χ0) is 25.1. The number of amides is 1. The van der Waals surface area contributed by atoms with E-state index >= 15 is 0 Å². The molecule has 2 aromatic carbocycles.